The quantitative estimate of drug-likeness (QED) is 0.306. The lowest BCUT2D eigenvalue weighted by Gasteiger charge is -2.12. The molecule has 0 aliphatic carbocycles. The van der Waals surface area contributed by atoms with Crippen molar-refractivity contribution < 1.29 is 14.2 Å². The van der Waals surface area contributed by atoms with Gasteiger partial charge in [0.15, 0.2) is 5.96 Å². The summed E-state index contributed by atoms with van der Waals surface area (Å²) in [5.74, 6) is 1.66. The van der Waals surface area contributed by atoms with Crippen molar-refractivity contribution in [3.8, 4) is 5.75 Å². The maximum Gasteiger partial charge on any atom is 0.191 e. The number of benzene rings is 1. The minimum Gasteiger partial charge on any atom is -0.492 e. The number of hydrogen-bond acceptors (Lipinski definition) is 4. The van der Waals surface area contributed by atoms with Crippen LogP contribution in [0, 0.1) is 0 Å². The fourth-order valence-electron chi connectivity index (χ4n) is 1.99. The van der Waals surface area contributed by atoms with Crippen molar-refractivity contribution in [2.75, 3.05) is 52.7 Å². The molecular formula is C19H33N3O3. The molecule has 0 aromatic heterocycles. The molecule has 2 N–H and O–H groups in total. The molecule has 0 aliphatic rings. The molecule has 0 spiro atoms. The Hall–Kier alpha value is -1.79. The summed E-state index contributed by atoms with van der Waals surface area (Å²) in [5.41, 5.74) is 0. The smallest absolute Gasteiger partial charge is 0.191 e. The predicted octanol–water partition coefficient (Wildman–Crippen LogP) is 2.45. The number of guanidine groups is 1. The fourth-order valence-corrected chi connectivity index (χ4v) is 1.99. The molecule has 0 radical (unpaired) electrons. The molecule has 1 aromatic carbocycles. The molecule has 6 heteroatoms. The highest BCUT2D eigenvalue weighted by Gasteiger charge is 1.97. The zero-order chi connectivity index (χ0) is 18.0. The van der Waals surface area contributed by atoms with Crippen LogP contribution in [0.25, 0.3) is 0 Å². The molecule has 0 atom stereocenters. The number of nitrogens with one attached hydrogen (secondary N) is 2. The van der Waals surface area contributed by atoms with Crippen LogP contribution >= 0.6 is 0 Å². The van der Waals surface area contributed by atoms with E-state index in [0.29, 0.717) is 39.5 Å². The van der Waals surface area contributed by atoms with Crippen molar-refractivity contribution in [2.24, 2.45) is 4.99 Å². The van der Waals surface area contributed by atoms with Crippen molar-refractivity contribution in [1.29, 1.82) is 0 Å². The third-order valence-electron chi connectivity index (χ3n) is 3.27. The first-order valence-corrected chi connectivity index (χ1v) is 9.22. The average molecular weight is 351 g/mol. The fraction of sp³-hybridized carbons (Fsp3) is 0.632. The van der Waals surface area contributed by atoms with E-state index in [0.717, 1.165) is 37.7 Å². The van der Waals surface area contributed by atoms with Gasteiger partial charge in [0.25, 0.3) is 0 Å². The summed E-state index contributed by atoms with van der Waals surface area (Å²) in [6, 6.07) is 9.79. The van der Waals surface area contributed by atoms with Crippen molar-refractivity contribution in [3.05, 3.63) is 30.3 Å². The monoisotopic (exact) mass is 351 g/mol. The van der Waals surface area contributed by atoms with Gasteiger partial charge in [0, 0.05) is 13.2 Å². The largest absolute Gasteiger partial charge is 0.492 e. The van der Waals surface area contributed by atoms with E-state index < -0.39 is 0 Å². The minimum atomic E-state index is 0.583. The molecule has 6 nitrogen and oxygen atoms in total. The molecule has 0 unspecified atom stereocenters. The van der Waals surface area contributed by atoms with Gasteiger partial charge in [-0.2, -0.15) is 0 Å². The highest BCUT2D eigenvalue weighted by molar-refractivity contribution is 5.79. The summed E-state index contributed by atoms with van der Waals surface area (Å²) in [7, 11) is 0. The molecular weight excluding hydrogens is 318 g/mol. The highest BCUT2D eigenvalue weighted by Crippen LogP contribution is 2.07. The Morgan fingerprint density at radius 3 is 2.40 bits per heavy atom. The summed E-state index contributed by atoms with van der Waals surface area (Å²) >= 11 is 0. The van der Waals surface area contributed by atoms with Gasteiger partial charge in [0.05, 0.1) is 32.9 Å². The van der Waals surface area contributed by atoms with E-state index in [9.17, 15) is 0 Å². The third-order valence-corrected chi connectivity index (χ3v) is 3.27. The number of ether oxygens (including phenoxy) is 3. The Morgan fingerprint density at radius 2 is 1.68 bits per heavy atom. The van der Waals surface area contributed by atoms with E-state index in [1.54, 1.807) is 0 Å². The summed E-state index contributed by atoms with van der Waals surface area (Å²) < 4.78 is 16.6. The number of unbranched alkanes of at least 4 members (excludes halogenated alkanes) is 1. The number of hydrogen-bond donors (Lipinski definition) is 2. The Bertz CT molecular complexity index is 441. The molecule has 0 aliphatic heterocycles. The first kappa shape index (κ1) is 21.3. The van der Waals surface area contributed by atoms with Crippen LogP contribution in [0.1, 0.15) is 26.7 Å². The number of nitrogens with zero attached hydrogens (tertiary/aromatic N) is 1. The summed E-state index contributed by atoms with van der Waals surface area (Å²) in [5, 5.41) is 6.46. The highest BCUT2D eigenvalue weighted by atomic mass is 16.5. The van der Waals surface area contributed by atoms with Gasteiger partial charge in [0.2, 0.25) is 0 Å². The lowest BCUT2D eigenvalue weighted by atomic mass is 10.3. The van der Waals surface area contributed by atoms with Crippen molar-refractivity contribution in [1.82, 2.24) is 10.6 Å². The second-order valence-corrected chi connectivity index (χ2v) is 5.43. The van der Waals surface area contributed by atoms with Gasteiger partial charge in [-0.05, 0) is 25.5 Å². The van der Waals surface area contributed by atoms with Crippen LogP contribution in [0.5, 0.6) is 5.75 Å². The molecule has 0 fully saturated rings. The second-order valence-electron chi connectivity index (χ2n) is 5.43. The third kappa shape index (κ3) is 12.3. The summed E-state index contributed by atoms with van der Waals surface area (Å²) in [4.78, 5) is 4.48. The van der Waals surface area contributed by atoms with Gasteiger partial charge in [-0.15, -0.1) is 0 Å². The molecule has 1 aromatic rings. The molecule has 25 heavy (non-hydrogen) atoms. The van der Waals surface area contributed by atoms with Gasteiger partial charge in [-0.25, -0.2) is 0 Å². The Balaban J connectivity index is 2.08. The van der Waals surface area contributed by atoms with Crippen LogP contribution < -0.4 is 15.4 Å². The van der Waals surface area contributed by atoms with E-state index in [1.165, 1.54) is 0 Å². The summed E-state index contributed by atoms with van der Waals surface area (Å²) in [6.07, 6.45) is 2.27. The number of rotatable bonds is 14. The van der Waals surface area contributed by atoms with Crippen LogP contribution in [0.3, 0.4) is 0 Å². The van der Waals surface area contributed by atoms with Crippen LogP contribution in [-0.4, -0.2) is 58.6 Å². The normalized spacial score (nSPS) is 11.4. The molecule has 0 saturated heterocycles. The Labute approximate surface area is 152 Å². The maximum absolute atomic E-state index is 5.65. The second kappa shape index (κ2) is 15.7. The Kier molecular flexibility index (Phi) is 13.4. The van der Waals surface area contributed by atoms with E-state index in [-0.39, 0.29) is 0 Å². The zero-order valence-electron chi connectivity index (χ0n) is 15.6. The molecule has 0 bridgehead atoms. The topological polar surface area (TPSA) is 64.1 Å². The zero-order valence-corrected chi connectivity index (χ0v) is 15.6. The van der Waals surface area contributed by atoms with Crippen molar-refractivity contribution in [2.45, 2.75) is 26.7 Å². The van der Waals surface area contributed by atoms with Gasteiger partial charge in [-0.3, -0.25) is 4.99 Å². The molecule has 142 valence electrons. The lowest BCUT2D eigenvalue weighted by Crippen LogP contribution is -2.39. The van der Waals surface area contributed by atoms with Crippen LogP contribution in [0.2, 0.25) is 0 Å². The summed E-state index contributed by atoms with van der Waals surface area (Å²) in [6.45, 7) is 9.58. The predicted molar refractivity (Wildman–Crippen MR) is 102 cm³/mol. The van der Waals surface area contributed by atoms with Gasteiger partial charge >= 0.3 is 0 Å². The van der Waals surface area contributed by atoms with Crippen molar-refractivity contribution in [3.63, 3.8) is 0 Å². The van der Waals surface area contributed by atoms with Crippen LogP contribution in [0.15, 0.2) is 35.3 Å². The average Bonchev–Trinajstić information content (AvgIpc) is 2.64. The SMILES string of the molecule is CCCCOCCOCCN=C(NCC)NCCOc1ccccc1. The number of aliphatic imine (C=N–C) groups is 1. The molecule has 0 amide bonds. The minimum absolute atomic E-state index is 0.583. The van der Waals surface area contributed by atoms with E-state index in [2.05, 4.69) is 22.5 Å². The van der Waals surface area contributed by atoms with E-state index >= 15 is 0 Å². The maximum atomic E-state index is 5.65. The van der Waals surface area contributed by atoms with Crippen molar-refractivity contribution >= 4 is 5.96 Å². The Morgan fingerprint density at radius 1 is 0.920 bits per heavy atom. The van der Waals surface area contributed by atoms with Gasteiger partial charge in [0.1, 0.15) is 12.4 Å². The molecule has 1 rings (SSSR count). The first-order chi connectivity index (χ1) is 12.4. The van der Waals surface area contributed by atoms with Gasteiger partial charge < -0.3 is 24.8 Å². The van der Waals surface area contributed by atoms with Crippen LogP contribution in [0.4, 0.5) is 0 Å². The van der Waals surface area contributed by atoms with Crippen LogP contribution in [-0.2, 0) is 9.47 Å². The van der Waals surface area contributed by atoms with E-state index in [4.69, 9.17) is 14.2 Å². The lowest BCUT2D eigenvalue weighted by molar-refractivity contribution is 0.0497. The van der Waals surface area contributed by atoms with Gasteiger partial charge in [-0.1, -0.05) is 31.5 Å². The molecule has 0 saturated carbocycles. The standard InChI is InChI=1S/C19H33N3O3/c1-3-5-13-23-16-17-24-14-11-21-19(20-4-2)22-12-15-25-18-9-7-6-8-10-18/h6-10H,3-5,11-17H2,1-2H3,(H2,20,21,22). The first-order valence-electron chi connectivity index (χ1n) is 9.22. The van der Waals surface area contributed by atoms with E-state index in [1.807, 2.05) is 37.3 Å². The number of para-hydroxylation sites is 1. The molecule has 0 heterocycles.